The fourth-order valence-corrected chi connectivity index (χ4v) is 3.30. The third kappa shape index (κ3) is 3.22. The van der Waals surface area contributed by atoms with Gasteiger partial charge in [0.2, 0.25) is 0 Å². The third-order valence-electron chi connectivity index (χ3n) is 2.55. The summed E-state index contributed by atoms with van der Waals surface area (Å²) in [6.07, 6.45) is 0.0275. The van der Waals surface area contributed by atoms with Gasteiger partial charge in [0.1, 0.15) is 5.60 Å². The average Bonchev–Trinajstić information content (AvgIpc) is 2.16. The van der Waals surface area contributed by atoms with Gasteiger partial charge in [-0.1, -0.05) is 0 Å². The van der Waals surface area contributed by atoms with E-state index in [0.717, 1.165) is 0 Å². The minimum atomic E-state index is -1.78. The molecule has 1 rings (SSSR count). The van der Waals surface area contributed by atoms with Gasteiger partial charge in [0.25, 0.3) is 0 Å². The quantitative estimate of drug-likeness (QED) is 0.750. The predicted molar refractivity (Wildman–Crippen MR) is 61.6 cm³/mol. The minimum absolute atomic E-state index is 0.382. The molecule has 0 aromatic rings. The van der Waals surface area contributed by atoms with Gasteiger partial charge in [0.05, 0.1) is 6.07 Å². The zero-order valence-corrected chi connectivity index (χ0v) is 11.0. The molecule has 16 heavy (non-hydrogen) atoms. The Morgan fingerprint density at radius 2 is 1.94 bits per heavy atom. The molecule has 0 unspecified atom stereocenters. The maximum Gasteiger partial charge on any atom is 0.407 e. The monoisotopic (exact) mass is 242 g/mol. The number of nitrogens with zero attached hydrogens (tertiary/aromatic N) is 2. The maximum absolute atomic E-state index is 10.7. The second kappa shape index (κ2) is 4.43. The van der Waals surface area contributed by atoms with Gasteiger partial charge in [0.15, 0.2) is 8.32 Å². The Hall–Kier alpha value is -1.06. The molecule has 0 spiro atoms. The van der Waals surface area contributed by atoms with Crippen LogP contribution in [0.25, 0.3) is 0 Å². The first-order chi connectivity index (χ1) is 7.28. The summed E-state index contributed by atoms with van der Waals surface area (Å²) >= 11 is 0. The van der Waals surface area contributed by atoms with Crippen molar-refractivity contribution in [3.8, 4) is 6.07 Å². The van der Waals surface area contributed by atoms with Crippen LogP contribution in [0, 0.1) is 11.3 Å². The first-order valence-corrected chi connectivity index (χ1v) is 8.78. The number of likely N-dealkylation sites (tertiary alicyclic amines) is 1. The summed E-state index contributed by atoms with van der Waals surface area (Å²) in [6.45, 7) is 6.88. The number of hydrogen-bond acceptors (Lipinski definition) is 3. The lowest BCUT2D eigenvalue weighted by atomic mass is 9.93. The SMILES string of the molecule is C[Si](C)(C)OC1(C#N)CCN(C(=O)O)CC1. The van der Waals surface area contributed by atoms with Gasteiger partial charge in [-0.05, 0) is 19.6 Å². The topological polar surface area (TPSA) is 73.6 Å². The number of carbonyl (C=O) groups is 1. The largest absolute Gasteiger partial charge is 0.465 e. The van der Waals surface area contributed by atoms with Crippen molar-refractivity contribution >= 4 is 14.4 Å². The number of piperidine rings is 1. The highest BCUT2D eigenvalue weighted by Gasteiger charge is 2.40. The lowest BCUT2D eigenvalue weighted by Crippen LogP contribution is -2.50. The normalized spacial score (nSPS) is 20.2. The molecule has 1 N–H and O–H groups in total. The summed E-state index contributed by atoms with van der Waals surface area (Å²) < 4.78 is 5.90. The number of hydrogen-bond donors (Lipinski definition) is 1. The Morgan fingerprint density at radius 3 is 2.25 bits per heavy atom. The molecule has 0 bridgehead atoms. The molecule has 0 aromatic heterocycles. The summed E-state index contributed by atoms with van der Waals surface area (Å²) in [4.78, 5) is 12.1. The van der Waals surface area contributed by atoms with E-state index in [0.29, 0.717) is 25.9 Å². The van der Waals surface area contributed by atoms with E-state index >= 15 is 0 Å². The molecule has 5 nitrogen and oxygen atoms in total. The molecule has 1 saturated heterocycles. The molecule has 1 aliphatic rings. The van der Waals surface area contributed by atoms with Crippen LogP contribution in [0.5, 0.6) is 0 Å². The van der Waals surface area contributed by atoms with Crippen molar-refractivity contribution in [2.45, 2.75) is 38.1 Å². The molecule has 1 heterocycles. The zero-order valence-electron chi connectivity index (χ0n) is 9.99. The van der Waals surface area contributed by atoms with Crippen LogP contribution in [0.2, 0.25) is 19.6 Å². The van der Waals surface area contributed by atoms with Crippen molar-refractivity contribution in [2.75, 3.05) is 13.1 Å². The number of amides is 1. The lowest BCUT2D eigenvalue weighted by Gasteiger charge is -2.39. The van der Waals surface area contributed by atoms with Gasteiger partial charge in [-0.3, -0.25) is 0 Å². The minimum Gasteiger partial charge on any atom is -0.465 e. The highest BCUT2D eigenvalue weighted by Crippen LogP contribution is 2.29. The van der Waals surface area contributed by atoms with Crippen LogP contribution in [-0.4, -0.2) is 43.1 Å². The van der Waals surface area contributed by atoms with Crippen molar-refractivity contribution in [3.63, 3.8) is 0 Å². The fourth-order valence-electron chi connectivity index (χ4n) is 1.88. The smallest absolute Gasteiger partial charge is 0.407 e. The van der Waals surface area contributed by atoms with E-state index in [4.69, 9.17) is 9.53 Å². The molecular formula is C10H18N2O3Si. The van der Waals surface area contributed by atoms with Crippen molar-refractivity contribution in [1.29, 1.82) is 5.26 Å². The first kappa shape index (κ1) is 13.0. The molecule has 0 aromatic carbocycles. The highest BCUT2D eigenvalue weighted by atomic mass is 28.4. The second-order valence-electron chi connectivity index (χ2n) is 5.09. The highest BCUT2D eigenvalue weighted by molar-refractivity contribution is 6.69. The molecule has 90 valence electrons. The lowest BCUT2D eigenvalue weighted by molar-refractivity contribution is 0.0417. The number of carboxylic acid groups (broad SMARTS) is 1. The molecule has 6 heteroatoms. The van der Waals surface area contributed by atoms with E-state index in [1.54, 1.807) is 0 Å². The zero-order chi connectivity index (χ0) is 12.4. The van der Waals surface area contributed by atoms with E-state index in [9.17, 15) is 10.1 Å². The Labute approximate surface area is 96.7 Å². The Kier molecular flexibility index (Phi) is 3.60. The molecule has 1 amide bonds. The van der Waals surface area contributed by atoms with Crippen LogP contribution in [0.1, 0.15) is 12.8 Å². The van der Waals surface area contributed by atoms with E-state index in [1.807, 2.05) is 19.6 Å². The Balaban J connectivity index is 2.66. The van der Waals surface area contributed by atoms with Crippen LogP contribution in [-0.2, 0) is 4.43 Å². The van der Waals surface area contributed by atoms with Gasteiger partial charge in [-0.2, -0.15) is 5.26 Å². The van der Waals surface area contributed by atoms with Crippen molar-refractivity contribution in [3.05, 3.63) is 0 Å². The summed E-state index contributed by atoms with van der Waals surface area (Å²) in [5, 5.41) is 18.0. The van der Waals surface area contributed by atoms with Crippen molar-refractivity contribution in [2.24, 2.45) is 0 Å². The molecule has 1 fully saturated rings. The van der Waals surface area contributed by atoms with E-state index in [-0.39, 0.29) is 0 Å². The molecule has 0 aliphatic carbocycles. The van der Waals surface area contributed by atoms with E-state index in [2.05, 4.69) is 6.07 Å². The van der Waals surface area contributed by atoms with Crippen LogP contribution in [0.3, 0.4) is 0 Å². The van der Waals surface area contributed by atoms with E-state index < -0.39 is 20.0 Å². The van der Waals surface area contributed by atoms with Crippen molar-refractivity contribution in [1.82, 2.24) is 4.90 Å². The first-order valence-electron chi connectivity index (χ1n) is 5.37. The van der Waals surface area contributed by atoms with Gasteiger partial charge >= 0.3 is 6.09 Å². The molecule has 0 atom stereocenters. The number of nitriles is 1. The third-order valence-corrected chi connectivity index (χ3v) is 3.55. The van der Waals surface area contributed by atoms with Gasteiger partial charge in [0, 0.05) is 25.9 Å². The molecule has 1 aliphatic heterocycles. The second-order valence-corrected chi connectivity index (χ2v) is 9.52. The summed E-state index contributed by atoms with van der Waals surface area (Å²) in [5.74, 6) is 0. The van der Waals surface area contributed by atoms with Crippen LogP contribution >= 0.6 is 0 Å². The summed E-state index contributed by atoms with van der Waals surface area (Å²) in [6, 6.07) is 2.23. The van der Waals surface area contributed by atoms with E-state index in [1.165, 1.54) is 4.90 Å². The van der Waals surface area contributed by atoms with Gasteiger partial charge < -0.3 is 14.4 Å². The maximum atomic E-state index is 10.7. The van der Waals surface area contributed by atoms with Crippen LogP contribution in [0.4, 0.5) is 4.79 Å². The summed E-state index contributed by atoms with van der Waals surface area (Å²) in [5.41, 5.74) is -0.767. The molecule has 0 saturated carbocycles. The van der Waals surface area contributed by atoms with Crippen LogP contribution < -0.4 is 0 Å². The predicted octanol–water partition coefficient (Wildman–Crippen LogP) is 1.87. The standard InChI is InChI=1S/C10H18N2O3Si/c1-16(2,3)15-10(8-11)4-6-12(7-5-10)9(13)14/h4-7H2,1-3H3,(H,13,14). The average molecular weight is 242 g/mol. The van der Waals surface area contributed by atoms with Crippen molar-refractivity contribution < 1.29 is 14.3 Å². The Morgan fingerprint density at radius 1 is 1.44 bits per heavy atom. The fraction of sp³-hybridized carbons (Fsp3) is 0.800. The van der Waals surface area contributed by atoms with Gasteiger partial charge in [-0.15, -0.1) is 0 Å². The Bertz CT molecular complexity index is 311. The molecular weight excluding hydrogens is 224 g/mol. The molecule has 0 radical (unpaired) electrons. The summed E-state index contributed by atoms with van der Waals surface area (Å²) in [7, 11) is -1.78. The number of rotatable bonds is 2. The van der Waals surface area contributed by atoms with Crippen LogP contribution in [0.15, 0.2) is 0 Å². The van der Waals surface area contributed by atoms with Gasteiger partial charge in [-0.25, -0.2) is 4.79 Å².